The average molecular weight is 431 g/mol. The molecule has 0 unspecified atom stereocenters. The molecule has 1 amide bonds. The number of benzene rings is 1. The fourth-order valence-corrected chi connectivity index (χ4v) is 4.34. The van der Waals surface area contributed by atoms with E-state index >= 15 is 0 Å². The highest BCUT2D eigenvalue weighted by Gasteiger charge is 2.23. The van der Waals surface area contributed by atoms with Crippen molar-refractivity contribution in [3.05, 3.63) is 65.6 Å². The number of carbonyl (C=O) groups is 1. The van der Waals surface area contributed by atoms with Crippen LogP contribution < -0.4 is 4.90 Å². The number of aromatic nitrogens is 2. The molecule has 1 fully saturated rings. The van der Waals surface area contributed by atoms with Gasteiger partial charge in [0, 0.05) is 57.3 Å². The van der Waals surface area contributed by atoms with Crippen LogP contribution in [0.15, 0.2) is 48.8 Å². The summed E-state index contributed by atoms with van der Waals surface area (Å²) < 4.78 is 2.05. The summed E-state index contributed by atoms with van der Waals surface area (Å²) in [5.74, 6) is 0.0547. The molecule has 1 aliphatic rings. The van der Waals surface area contributed by atoms with Gasteiger partial charge in [0.2, 0.25) is 5.91 Å². The van der Waals surface area contributed by atoms with Crippen molar-refractivity contribution in [3.63, 3.8) is 0 Å². The van der Waals surface area contributed by atoms with E-state index in [9.17, 15) is 4.79 Å². The summed E-state index contributed by atoms with van der Waals surface area (Å²) >= 11 is 0. The number of nitrogens with zero attached hydrogens (tertiary/aromatic N) is 6. The molecule has 0 N–H and O–H groups in total. The Balaban J connectivity index is 1.34. The predicted molar refractivity (Wildman–Crippen MR) is 125 cm³/mol. The molecule has 0 aliphatic carbocycles. The molecule has 1 aromatic carbocycles. The van der Waals surface area contributed by atoms with Crippen LogP contribution in [0.1, 0.15) is 23.2 Å². The van der Waals surface area contributed by atoms with Crippen molar-refractivity contribution in [2.75, 3.05) is 44.2 Å². The van der Waals surface area contributed by atoms with Gasteiger partial charge in [-0.1, -0.05) is 12.1 Å². The van der Waals surface area contributed by atoms with E-state index < -0.39 is 0 Å². The topological polar surface area (TPSA) is 67.9 Å². The Morgan fingerprint density at radius 1 is 1.09 bits per heavy atom. The normalized spacial score (nSPS) is 15.0. The standard InChI is InChI=1S/C25H30N6O/c1-20-14-21(2)16-23(15-20)31(9-5-7-26)25(32)19-29-12-10-28(11-13-29)17-22-18-30-8-4-3-6-24(30)27-22/h3-4,6,8,14-16,18H,5,9-13,17,19H2,1-2H3. The van der Waals surface area contributed by atoms with Gasteiger partial charge in [-0.25, -0.2) is 4.98 Å². The second kappa shape index (κ2) is 9.94. The number of imidazole rings is 1. The Hall–Kier alpha value is -3.21. The largest absolute Gasteiger partial charge is 0.310 e. The van der Waals surface area contributed by atoms with Crippen molar-refractivity contribution in [1.29, 1.82) is 5.26 Å². The van der Waals surface area contributed by atoms with Crippen LogP contribution in [0, 0.1) is 25.2 Å². The van der Waals surface area contributed by atoms with E-state index in [0.717, 1.165) is 60.9 Å². The van der Waals surface area contributed by atoms with Gasteiger partial charge in [0.05, 0.1) is 24.7 Å². The Morgan fingerprint density at radius 2 is 1.81 bits per heavy atom. The highest BCUT2D eigenvalue weighted by Crippen LogP contribution is 2.20. The number of rotatable bonds is 7. The Labute approximate surface area is 189 Å². The van der Waals surface area contributed by atoms with Gasteiger partial charge < -0.3 is 9.30 Å². The lowest BCUT2D eigenvalue weighted by molar-refractivity contribution is -0.120. The first-order valence-electron chi connectivity index (χ1n) is 11.1. The van der Waals surface area contributed by atoms with E-state index in [4.69, 9.17) is 10.2 Å². The van der Waals surface area contributed by atoms with Gasteiger partial charge >= 0.3 is 0 Å². The molecule has 2 aromatic heterocycles. The maximum absolute atomic E-state index is 13.2. The van der Waals surface area contributed by atoms with Crippen LogP contribution in [0.25, 0.3) is 5.65 Å². The Kier molecular flexibility index (Phi) is 6.84. The third-order valence-corrected chi connectivity index (χ3v) is 5.89. The van der Waals surface area contributed by atoms with Crippen LogP contribution >= 0.6 is 0 Å². The molecule has 7 nitrogen and oxygen atoms in total. The predicted octanol–water partition coefficient (Wildman–Crippen LogP) is 3.02. The van der Waals surface area contributed by atoms with Crippen LogP contribution in [0.2, 0.25) is 0 Å². The van der Waals surface area contributed by atoms with Gasteiger partial charge in [0.1, 0.15) is 5.65 Å². The van der Waals surface area contributed by atoms with Crippen molar-refractivity contribution < 1.29 is 4.79 Å². The van der Waals surface area contributed by atoms with E-state index in [1.165, 1.54) is 0 Å². The van der Waals surface area contributed by atoms with Crippen molar-refractivity contribution in [3.8, 4) is 6.07 Å². The molecule has 1 aliphatic heterocycles. The molecule has 0 spiro atoms. The number of hydrogen-bond acceptors (Lipinski definition) is 5. The summed E-state index contributed by atoms with van der Waals surface area (Å²) in [5.41, 5.74) is 5.16. The number of amides is 1. The van der Waals surface area contributed by atoms with Gasteiger partial charge in [-0.2, -0.15) is 5.26 Å². The highest BCUT2D eigenvalue weighted by atomic mass is 16.2. The van der Waals surface area contributed by atoms with Crippen LogP contribution in [-0.4, -0.2) is 64.4 Å². The third kappa shape index (κ3) is 5.34. The lowest BCUT2D eigenvalue weighted by Crippen LogP contribution is -2.50. The van der Waals surface area contributed by atoms with Gasteiger partial charge in [-0.05, 0) is 49.2 Å². The second-order valence-corrected chi connectivity index (χ2v) is 8.55. The molecule has 0 radical (unpaired) electrons. The van der Waals surface area contributed by atoms with Gasteiger partial charge in [0.25, 0.3) is 0 Å². The van der Waals surface area contributed by atoms with E-state index in [2.05, 4.69) is 28.1 Å². The molecule has 32 heavy (non-hydrogen) atoms. The first-order valence-corrected chi connectivity index (χ1v) is 11.1. The number of piperazine rings is 1. The maximum Gasteiger partial charge on any atom is 0.241 e. The molecular formula is C25H30N6O. The molecule has 4 rings (SSSR count). The second-order valence-electron chi connectivity index (χ2n) is 8.55. The smallest absolute Gasteiger partial charge is 0.241 e. The summed E-state index contributed by atoms with van der Waals surface area (Å²) in [4.78, 5) is 24.2. The van der Waals surface area contributed by atoms with Crippen molar-refractivity contribution in [2.24, 2.45) is 0 Å². The van der Waals surface area contributed by atoms with Crippen molar-refractivity contribution in [2.45, 2.75) is 26.8 Å². The number of anilines is 1. The van der Waals surface area contributed by atoms with Crippen LogP contribution in [0.4, 0.5) is 5.69 Å². The number of carbonyl (C=O) groups excluding carboxylic acids is 1. The molecule has 1 saturated heterocycles. The minimum absolute atomic E-state index is 0.0547. The molecular weight excluding hydrogens is 400 g/mol. The third-order valence-electron chi connectivity index (χ3n) is 5.89. The van der Waals surface area contributed by atoms with E-state index in [0.29, 0.717) is 19.5 Å². The summed E-state index contributed by atoms with van der Waals surface area (Å²) in [6, 6.07) is 14.3. The van der Waals surface area contributed by atoms with Crippen molar-refractivity contribution in [1.82, 2.24) is 19.2 Å². The number of nitriles is 1. The lowest BCUT2D eigenvalue weighted by Gasteiger charge is -2.35. The molecule has 0 bridgehead atoms. The Morgan fingerprint density at radius 3 is 2.50 bits per heavy atom. The molecule has 3 aromatic rings. The molecule has 3 heterocycles. The fraction of sp³-hybridized carbons (Fsp3) is 0.400. The zero-order chi connectivity index (χ0) is 22.5. The number of fused-ring (bicyclic) bond motifs is 1. The zero-order valence-corrected chi connectivity index (χ0v) is 18.9. The SMILES string of the molecule is Cc1cc(C)cc(N(CCC#N)C(=O)CN2CCN(Cc3cn4ccccc4n3)CC2)c1. The number of hydrogen-bond donors (Lipinski definition) is 0. The summed E-state index contributed by atoms with van der Waals surface area (Å²) in [5, 5.41) is 9.06. The van der Waals surface area contributed by atoms with Gasteiger partial charge in [-0.3, -0.25) is 14.6 Å². The average Bonchev–Trinajstić information content (AvgIpc) is 3.17. The van der Waals surface area contributed by atoms with E-state index in [1.807, 2.05) is 54.8 Å². The summed E-state index contributed by atoms with van der Waals surface area (Å²) in [7, 11) is 0. The van der Waals surface area contributed by atoms with Crippen LogP contribution in [0.5, 0.6) is 0 Å². The monoisotopic (exact) mass is 430 g/mol. The first-order chi connectivity index (χ1) is 15.5. The van der Waals surface area contributed by atoms with Crippen LogP contribution in [-0.2, 0) is 11.3 Å². The quantitative estimate of drug-likeness (QED) is 0.576. The fourth-order valence-electron chi connectivity index (χ4n) is 4.34. The molecule has 7 heteroatoms. The summed E-state index contributed by atoms with van der Waals surface area (Å²) in [6.07, 6.45) is 4.43. The molecule has 0 atom stereocenters. The first kappa shape index (κ1) is 22.0. The number of pyridine rings is 1. The van der Waals surface area contributed by atoms with E-state index in [1.54, 1.807) is 4.90 Å². The molecule has 0 saturated carbocycles. The van der Waals surface area contributed by atoms with E-state index in [-0.39, 0.29) is 5.91 Å². The van der Waals surface area contributed by atoms with Crippen LogP contribution in [0.3, 0.4) is 0 Å². The number of aryl methyl sites for hydroxylation is 2. The Bertz CT molecular complexity index is 1070. The maximum atomic E-state index is 13.2. The minimum atomic E-state index is 0.0547. The minimum Gasteiger partial charge on any atom is -0.310 e. The zero-order valence-electron chi connectivity index (χ0n) is 18.9. The van der Waals surface area contributed by atoms with Crippen molar-refractivity contribution >= 4 is 17.2 Å². The van der Waals surface area contributed by atoms with Gasteiger partial charge in [0.15, 0.2) is 0 Å². The highest BCUT2D eigenvalue weighted by molar-refractivity contribution is 5.95. The lowest BCUT2D eigenvalue weighted by atomic mass is 10.1. The molecule has 166 valence electrons. The summed E-state index contributed by atoms with van der Waals surface area (Å²) in [6.45, 7) is 9.19. The van der Waals surface area contributed by atoms with Gasteiger partial charge in [-0.15, -0.1) is 0 Å².